The van der Waals surface area contributed by atoms with Gasteiger partial charge in [-0.2, -0.15) is 0 Å². The Morgan fingerprint density at radius 3 is 3.15 bits per heavy atom. The molecule has 0 atom stereocenters. The monoisotopic (exact) mass is 197 g/mol. The molecule has 0 aromatic heterocycles. The van der Waals surface area contributed by atoms with Crippen LogP contribution in [-0.4, -0.2) is 13.2 Å². The number of fused-ring (bicyclic) bond motifs is 1. The van der Waals surface area contributed by atoms with Gasteiger partial charge in [-0.1, -0.05) is 11.6 Å². The van der Waals surface area contributed by atoms with E-state index < -0.39 is 0 Å². The molecule has 1 heterocycles. The minimum absolute atomic E-state index is 0.746. The number of nitrogens with one attached hydrogen (secondary N) is 1. The molecule has 0 saturated heterocycles. The first-order valence-corrected chi connectivity index (χ1v) is 4.90. The van der Waals surface area contributed by atoms with Crippen LogP contribution in [0.4, 0.5) is 5.69 Å². The molecule has 0 aliphatic carbocycles. The van der Waals surface area contributed by atoms with Gasteiger partial charge in [0.05, 0.1) is 12.3 Å². The molecule has 0 bridgehead atoms. The minimum atomic E-state index is 0.746. The van der Waals surface area contributed by atoms with Gasteiger partial charge in [-0.15, -0.1) is 0 Å². The Balaban J connectivity index is 2.28. The molecule has 1 N–H and O–H groups in total. The highest BCUT2D eigenvalue weighted by atomic mass is 35.5. The van der Waals surface area contributed by atoms with E-state index in [4.69, 9.17) is 16.3 Å². The average Bonchev–Trinajstić information content (AvgIpc) is 2.08. The maximum absolute atomic E-state index is 5.88. The summed E-state index contributed by atoms with van der Waals surface area (Å²) in [5, 5.41) is 4.04. The molecule has 13 heavy (non-hydrogen) atoms. The summed E-state index contributed by atoms with van der Waals surface area (Å²) >= 11 is 5.88. The largest absolute Gasteiger partial charge is 0.491 e. The van der Waals surface area contributed by atoms with Gasteiger partial charge in [0.2, 0.25) is 0 Å². The lowest BCUT2D eigenvalue weighted by Crippen LogP contribution is -2.10. The molecule has 1 aliphatic heterocycles. The van der Waals surface area contributed by atoms with Crippen molar-refractivity contribution < 1.29 is 4.74 Å². The first-order valence-electron chi connectivity index (χ1n) is 4.52. The molecule has 70 valence electrons. The van der Waals surface area contributed by atoms with Crippen LogP contribution in [0.3, 0.4) is 0 Å². The van der Waals surface area contributed by atoms with Crippen molar-refractivity contribution in [2.24, 2.45) is 0 Å². The first kappa shape index (κ1) is 8.70. The van der Waals surface area contributed by atoms with Crippen LogP contribution < -0.4 is 10.1 Å². The molecular weight excluding hydrogens is 186 g/mol. The predicted molar refractivity (Wildman–Crippen MR) is 54.7 cm³/mol. The van der Waals surface area contributed by atoms with Gasteiger partial charge in [0.1, 0.15) is 5.75 Å². The smallest absolute Gasteiger partial charge is 0.142 e. The summed E-state index contributed by atoms with van der Waals surface area (Å²) < 4.78 is 5.56. The number of hydrogen-bond donors (Lipinski definition) is 1. The molecule has 1 aliphatic rings. The van der Waals surface area contributed by atoms with Crippen LogP contribution >= 0.6 is 11.6 Å². The molecule has 0 radical (unpaired) electrons. The average molecular weight is 198 g/mol. The molecule has 0 amide bonds. The van der Waals surface area contributed by atoms with Crippen molar-refractivity contribution in [1.29, 1.82) is 0 Å². The summed E-state index contributed by atoms with van der Waals surface area (Å²) in [6, 6.07) is 5.67. The van der Waals surface area contributed by atoms with E-state index >= 15 is 0 Å². The van der Waals surface area contributed by atoms with E-state index in [1.165, 1.54) is 0 Å². The van der Waals surface area contributed by atoms with Gasteiger partial charge < -0.3 is 10.1 Å². The van der Waals surface area contributed by atoms with Crippen molar-refractivity contribution in [2.45, 2.75) is 12.8 Å². The van der Waals surface area contributed by atoms with E-state index in [0.717, 1.165) is 42.5 Å². The molecule has 1 aromatic rings. The highest BCUT2D eigenvalue weighted by Gasteiger charge is 2.06. The fraction of sp³-hybridized carbons (Fsp3) is 0.400. The molecule has 3 heteroatoms. The van der Waals surface area contributed by atoms with Gasteiger partial charge in [0, 0.05) is 11.6 Å². The van der Waals surface area contributed by atoms with E-state index in [-0.39, 0.29) is 0 Å². The van der Waals surface area contributed by atoms with Gasteiger partial charge in [0.15, 0.2) is 0 Å². The van der Waals surface area contributed by atoms with E-state index in [2.05, 4.69) is 5.32 Å². The Bertz CT molecular complexity index is 301. The van der Waals surface area contributed by atoms with E-state index in [1.54, 1.807) is 0 Å². The molecule has 0 unspecified atom stereocenters. The molecule has 0 spiro atoms. The molecule has 1 aromatic carbocycles. The Morgan fingerprint density at radius 2 is 2.23 bits per heavy atom. The Labute approximate surface area is 82.9 Å². The van der Waals surface area contributed by atoms with Crippen LogP contribution in [0.2, 0.25) is 5.02 Å². The van der Waals surface area contributed by atoms with E-state index in [0.29, 0.717) is 0 Å². The quantitative estimate of drug-likeness (QED) is 0.691. The molecule has 0 saturated carbocycles. The second-order valence-electron chi connectivity index (χ2n) is 3.12. The number of hydrogen-bond acceptors (Lipinski definition) is 2. The van der Waals surface area contributed by atoms with Crippen molar-refractivity contribution in [3.63, 3.8) is 0 Å². The van der Waals surface area contributed by atoms with E-state index in [9.17, 15) is 0 Å². The molecule has 0 fully saturated rings. The van der Waals surface area contributed by atoms with Crippen molar-refractivity contribution in [1.82, 2.24) is 0 Å². The SMILES string of the molecule is Clc1ccc2c(c1)NCCCCO2. The molecule has 2 rings (SSSR count). The summed E-state index contributed by atoms with van der Waals surface area (Å²) in [7, 11) is 0. The van der Waals surface area contributed by atoms with Crippen molar-refractivity contribution in [3.05, 3.63) is 23.2 Å². The normalized spacial score (nSPS) is 16.1. The fourth-order valence-corrected chi connectivity index (χ4v) is 1.57. The Morgan fingerprint density at radius 1 is 1.31 bits per heavy atom. The van der Waals surface area contributed by atoms with Crippen LogP contribution in [0.25, 0.3) is 0 Å². The van der Waals surface area contributed by atoms with Crippen LogP contribution in [0, 0.1) is 0 Å². The standard InChI is InChI=1S/C10H12ClNO/c11-8-3-4-10-9(7-8)12-5-1-2-6-13-10/h3-4,7,12H,1-2,5-6H2. The van der Waals surface area contributed by atoms with Crippen LogP contribution in [0.15, 0.2) is 18.2 Å². The van der Waals surface area contributed by atoms with Crippen LogP contribution in [0.5, 0.6) is 5.75 Å². The van der Waals surface area contributed by atoms with Gasteiger partial charge in [-0.3, -0.25) is 0 Å². The maximum atomic E-state index is 5.88. The molecular formula is C10H12ClNO. The summed E-state index contributed by atoms with van der Waals surface area (Å²) in [6.45, 7) is 1.80. The molecule has 2 nitrogen and oxygen atoms in total. The topological polar surface area (TPSA) is 21.3 Å². The summed E-state index contributed by atoms with van der Waals surface area (Å²) in [6.07, 6.45) is 2.25. The van der Waals surface area contributed by atoms with Gasteiger partial charge in [-0.05, 0) is 31.0 Å². The lowest BCUT2D eigenvalue weighted by molar-refractivity contribution is 0.306. The zero-order valence-corrected chi connectivity index (χ0v) is 8.10. The third kappa shape index (κ3) is 2.07. The fourth-order valence-electron chi connectivity index (χ4n) is 1.40. The Kier molecular flexibility index (Phi) is 2.60. The number of rotatable bonds is 0. The van der Waals surface area contributed by atoms with Gasteiger partial charge in [0.25, 0.3) is 0 Å². The zero-order valence-electron chi connectivity index (χ0n) is 7.35. The third-order valence-corrected chi connectivity index (χ3v) is 2.32. The minimum Gasteiger partial charge on any atom is -0.491 e. The summed E-state index contributed by atoms with van der Waals surface area (Å²) in [4.78, 5) is 0. The predicted octanol–water partition coefficient (Wildman–Crippen LogP) is 2.92. The third-order valence-electron chi connectivity index (χ3n) is 2.09. The maximum Gasteiger partial charge on any atom is 0.142 e. The number of anilines is 1. The second-order valence-corrected chi connectivity index (χ2v) is 3.56. The van der Waals surface area contributed by atoms with E-state index in [1.807, 2.05) is 18.2 Å². The number of ether oxygens (including phenoxy) is 1. The zero-order chi connectivity index (χ0) is 9.10. The number of benzene rings is 1. The van der Waals surface area contributed by atoms with Gasteiger partial charge >= 0.3 is 0 Å². The lowest BCUT2D eigenvalue weighted by Gasteiger charge is -2.16. The van der Waals surface area contributed by atoms with Crippen molar-refractivity contribution in [3.8, 4) is 5.75 Å². The van der Waals surface area contributed by atoms with Crippen molar-refractivity contribution in [2.75, 3.05) is 18.5 Å². The summed E-state index contributed by atoms with van der Waals surface area (Å²) in [5.74, 6) is 0.907. The summed E-state index contributed by atoms with van der Waals surface area (Å²) in [5.41, 5.74) is 1.01. The van der Waals surface area contributed by atoms with Gasteiger partial charge in [-0.25, -0.2) is 0 Å². The van der Waals surface area contributed by atoms with Crippen LogP contribution in [0.1, 0.15) is 12.8 Å². The second kappa shape index (κ2) is 3.88. The first-order chi connectivity index (χ1) is 6.36. The Hall–Kier alpha value is -0.890. The van der Waals surface area contributed by atoms with Crippen LogP contribution in [-0.2, 0) is 0 Å². The lowest BCUT2D eigenvalue weighted by atomic mass is 10.2. The highest BCUT2D eigenvalue weighted by Crippen LogP contribution is 2.29. The highest BCUT2D eigenvalue weighted by molar-refractivity contribution is 6.30. The number of halogens is 1. The van der Waals surface area contributed by atoms with Crippen molar-refractivity contribution >= 4 is 17.3 Å².